The molecule has 0 saturated heterocycles. The highest BCUT2D eigenvalue weighted by Gasteiger charge is 2.26. The highest BCUT2D eigenvalue weighted by molar-refractivity contribution is 7.99. The van der Waals surface area contributed by atoms with Gasteiger partial charge in [-0.1, -0.05) is 54.6 Å². The standard InChI is InChI=1S/C31H34N4O3S2/c1-17-10-11-22-24(14-17)40-29-27(22)30(38)35(23-9-7-6-8-19(23)3)31(34-29)39-16-26(37)32-15-25(36)33-28-20(4)12-18(2)13-21(28)5/h6-9,12-13,17H,10-11,14-16H2,1-5H3,(H,32,37)(H,33,36). The van der Waals surface area contributed by atoms with Gasteiger partial charge in [-0.2, -0.15) is 0 Å². The average Bonchev–Trinajstić information content (AvgIpc) is 3.26. The van der Waals surface area contributed by atoms with Gasteiger partial charge in [-0.3, -0.25) is 19.0 Å². The molecule has 2 aromatic carbocycles. The summed E-state index contributed by atoms with van der Waals surface area (Å²) in [6.45, 7) is 9.99. The van der Waals surface area contributed by atoms with Crippen molar-refractivity contribution in [3.63, 3.8) is 0 Å². The lowest BCUT2D eigenvalue weighted by Gasteiger charge is -2.18. The van der Waals surface area contributed by atoms with Gasteiger partial charge in [0.1, 0.15) is 4.83 Å². The van der Waals surface area contributed by atoms with Crippen LogP contribution in [0.2, 0.25) is 0 Å². The minimum atomic E-state index is -0.303. The third-order valence-corrected chi connectivity index (χ3v) is 9.46. The maximum Gasteiger partial charge on any atom is 0.267 e. The van der Waals surface area contributed by atoms with E-state index in [-0.39, 0.29) is 29.7 Å². The molecule has 1 atom stereocenters. The summed E-state index contributed by atoms with van der Waals surface area (Å²) in [5.41, 5.74) is 6.62. The molecule has 5 rings (SSSR count). The Morgan fingerprint density at radius 1 is 1.07 bits per heavy atom. The van der Waals surface area contributed by atoms with E-state index in [0.717, 1.165) is 63.3 Å². The fourth-order valence-corrected chi connectivity index (χ4v) is 7.68. The highest BCUT2D eigenvalue weighted by atomic mass is 32.2. The van der Waals surface area contributed by atoms with Crippen molar-refractivity contribution in [3.05, 3.63) is 79.4 Å². The topological polar surface area (TPSA) is 93.1 Å². The fourth-order valence-electron chi connectivity index (χ4n) is 5.42. The molecule has 2 N–H and O–H groups in total. The van der Waals surface area contributed by atoms with Crippen molar-refractivity contribution in [1.29, 1.82) is 0 Å². The van der Waals surface area contributed by atoms with Crippen LogP contribution in [0.1, 0.15) is 46.0 Å². The van der Waals surface area contributed by atoms with Crippen LogP contribution in [0, 0.1) is 33.6 Å². The number of hydrogen-bond acceptors (Lipinski definition) is 6. The molecule has 40 heavy (non-hydrogen) atoms. The van der Waals surface area contributed by atoms with E-state index in [1.807, 2.05) is 64.1 Å². The molecular formula is C31H34N4O3S2. The number of fused-ring (bicyclic) bond motifs is 3. The molecule has 0 spiro atoms. The van der Waals surface area contributed by atoms with Crippen LogP contribution in [0.15, 0.2) is 46.3 Å². The number of thioether (sulfide) groups is 1. The number of nitrogens with one attached hydrogen (secondary N) is 2. The minimum absolute atomic E-state index is 0.0296. The Bertz CT molecular complexity index is 1670. The van der Waals surface area contributed by atoms with Gasteiger partial charge in [0.2, 0.25) is 11.8 Å². The van der Waals surface area contributed by atoms with Crippen LogP contribution in [0.3, 0.4) is 0 Å². The van der Waals surface area contributed by atoms with E-state index in [9.17, 15) is 14.4 Å². The number of aromatic nitrogens is 2. The fraction of sp³-hybridized carbons (Fsp3) is 0.355. The largest absolute Gasteiger partial charge is 0.346 e. The number of carbonyl (C=O) groups excluding carboxylic acids is 2. The molecule has 208 valence electrons. The number of benzene rings is 2. The summed E-state index contributed by atoms with van der Waals surface area (Å²) < 4.78 is 1.65. The molecule has 1 aliphatic carbocycles. The Hall–Kier alpha value is -3.43. The van der Waals surface area contributed by atoms with Crippen molar-refractivity contribution in [2.75, 3.05) is 17.6 Å². The molecule has 0 aliphatic heterocycles. The van der Waals surface area contributed by atoms with Crippen molar-refractivity contribution in [3.8, 4) is 5.69 Å². The van der Waals surface area contributed by atoms with Crippen LogP contribution in [-0.2, 0) is 22.4 Å². The maximum absolute atomic E-state index is 14.0. The second-order valence-corrected chi connectivity index (χ2v) is 12.8. The van der Waals surface area contributed by atoms with Gasteiger partial charge in [-0.15, -0.1) is 11.3 Å². The quantitative estimate of drug-likeness (QED) is 0.220. The zero-order chi connectivity index (χ0) is 28.6. The number of para-hydroxylation sites is 1. The monoisotopic (exact) mass is 574 g/mol. The zero-order valence-corrected chi connectivity index (χ0v) is 25.1. The SMILES string of the molecule is Cc1cc(C)c(NC(=O)CNC(=O)CSc2nc3sc4c(c3c(=O)n2-c2ccccc2C)CCC(C)C4)c(C)c1. The average molecular weight is 575 g/mol. The third kappa shape index (κ3) is 5.71. The summed E-state index contributed by atoms with van der Waals surface area (Å²) in [5.74, 6) is 0.0281. The Labute approximate surface area is 242 Å². The van der Waals surface area contributed by atoms with E-state index in [1.165, 1.54) is 16.6 Å². The first kappa shape index (κ1) is 28.1. The van der Waals surface area contributed by atoms with Crippen molar-refractivity contribution in [1.82, 2.24) is 14.9 Å². The van der Waals surface area contributed by atoms with Crippen molar-refractivity contribution in [2.45, 2.75) is 59.0 Å². The maximum atomic E-state index is 14.0. The van der Waals surface area contributed by atoms with E-state index in [4.69, 9.17) is 4.98 Å². The first-order chi connectivity index (χ1) is 19.1. The summed E-state index contributed by atoms with van der Waals surface area (Å²) >= 11 is 2.81. The molecule has 0 saturated carbocycles. The van der Waals surface area contributed by atoms with Crippen LogP contribution in [0.25, 0.3) is 15.9 Å². The first-order valence-corrected chi connectivity index (χ1v) is 15.3. The van der Waals surface area contributed by atoms with Gasteiger partial charge in [0.05, 0.1) is 23.4 Å². The molecule has 4 aromatic rings. The molecule has 0 fully saturated rings. The third-order valence-electron chi connectivity index (χ3n) is 7.37. The first-order valence-electron chi connectivity index (χ1n) is 13.5. The summed E-state index contributed by atoms with van der Waals surface area (Å²) in [5, 5.41) is 6.80. The Kier molecular flexibility index (Phi) is 8.14. The summed E-state index contributed by atoms with van der Waals surface area (Å²) in [6.07, 6.45) is 2.92. The molecule has 1 aliphatic rings. The predicted octanol–water partition coefficient (Wildman–Crippen LogP) is 5.65. The second-order valence-electron chi connectivity index (χ2n) is 10.7. The summed E-state index contributed by atoms with van der Waals surface area (Å²) in [6, 6.07) is 11.7. The molecular weight excluding hydrogens is 541 g/mol. The number of thiophene rings is 1. The number of nitrogens with zero attached hydrogens (tertiary/aromatic N) is 2. The van der Waals surface area contributed by atoms with Crippen molar-refractivity contribution in [2.24, 2.45) is 5.92 Å². The zero-order valence-electron chi connectivity index (χ0n) is 23.5. The van der Waals surface area contributed by atoms with Gasteiger partial charge in [-0.25, -0.2) is 4.98 Å². The van der Waals surface area contributed by atoms with E-state index in [2.05, 4.69) is 17.6 Å². The summed E-state index contributed by atoms with van der Waals surface area (Å²) in [4.78, 5) is 46.3. The Morgan fingerprint density at radius 3 is 2.52 bits per heavy atom. The molecule has 0 radical (unpaired) electrons. The molecule has 2 heterocycles. The second kappa shape index (κ2) is 11.6. The van der Waals surface area contributed by atoms with Crippen LogP contribution >= 0.6 is 23.1 Å². The lowest BCUT2D eigenvalue weighted by Crippen LogP contribution is -2.34. The molecule has 2 aromatic heterocycles. The molecule has 7 nitrogen and oxygen atoms in total. The minimum Gasteiger partial charge on any atom is -0.346 e. The van der Waals surface area contributed by atoms with Gasteiger partial charge in [0.25, 0.3) is 5.56 Å². The van der Waals surface area contributed by atoms with Crippen molar-refractivity contribution < 1.29 is 9.59 Å². The molecule has 1 unspecified atom stereocenters. The number of carbonyl (C=O) groups is 2. The lowest BCUT2D eigenvalue weighted by atomic mass is 9.89. The van der Waals surface area contributed by atoms with Crippen molar-refractivity contribution >= 4 is 50.8 Å². The van der Waals surface area contributed by atoms with Gasteiger partial charge in [-0.05, 0) is 81.2 Å². The van der Waals surface area contributed by atoms with Crippen LogP contribution in [0.4, 0.5) is 5.69 Å². The molecule has 0 bridgehead atoms. The molecule has 9 heteroatoms. The van der Waals surface area contributed by atoms with E-state index >= 15 is 0 Å². The molecule has 2 amide bonds. The van der Waals surface area contributed by atoms with Crippen LogP contribution in [0.5, 0.6) is 0 Å². The van der Waals surface area contributed by atoms with Gasteiger partial charge < -0.3 is 10.6 Å². The van der Waals surface area contributed by atoms with Gasteiger partial charge in [0, 0.05) is 10.6 Å². The number of hydrogen-bond donors (Lipinski definition) is 2. The summed E-state index contributed by atoms with van der Waals surface area (Å²) in [7, 11) is 0. The van der Waals surface area contributed by atoms with Gasteiger partial charge >= 0.3 is 0 Å². The Morgan fingerprint density at radius 2 is 1.80 bits per heavy atom. The van der Waals surface area contributed by atoms with E-state index < -0.39 is 0 Å². The number of aryl methyl sites for hydroxylation is 5. The van der Waals surface area contributed by atoms with Crippen LogP contribution < -0.4 is 16.2 Å². The smallest absolute Gasteiger partial charge is 0.267 e. The number of rotatable bonds is 7. The Balaban J connectivity index is 1.36. The predicted molar refractivity (Wildman–Crippen MR) is 164 cm³/mol. The number of anilines is 1. The van der Waals surface area contributed by atoms with E-state index in [1.54, 1.807) is 15.9 Å². The number of amides is 2. The van der Waals surface area contributed by atoms with E-state index in [0.29, 0.717) is 16.5 Å². The van der Waals surface area contributed by atoms with Gasteiger partial charge in [0.15, 0.2) is 5.16 Å². The lowest BCUT2D eigenvalue weighted by molar-refractivity contribution is -0.122. The normalized spacial score (nSPS) is 14.7. The highest BCUT2D eigenvalue weighted by Crippen LogP contribution is 2.37. The van der Waals surface area contributed by atoms with Crippen LogP contribution in [-0.4, -0.2) is 33.7 Å².